The normalized spacial score (nSPS) is 17.9. The molecule has 0 fully saturated rings. The van der Waals surface area contributed by atoms with Crippen LogP contribution >= 0.6 is 0 Å². The second-order valence-corrected chi connectivity index (χ2v) is 7.15. The summed E-state index contributed by atoms with van der Waals surface area (Å²) in [6, 6.07) is 11.3. The van der Waals surface area contributed by atoms with Crippen LogP contribution in [0.5, 0.6) is 0 Å². The van der Waals surface area contributed by atoms with Gasteiger partial charge in [0.15, 0.2) is 0 Å². The van der Waals surface area contributed by atoms with Gasteiger partial charge in [-0.1, -0.05) is 18.2 Å². The fourth-order valence-corrected chi connectivity index (χ4v) is 3.51. The second-order valence-electron chi connectivity index (χ2n) is 7.15. The molecule has 3 rings (SSSR count). The van der Waals surface area contributed by atoms with E-state index in [0.717, 1.165) is 36.2 Å². The van der Waals surface area contributed by atoms with E-state index in [4.69, 9.17) is 0 Å². The molecular formula is C22H19F4N3O4. The molecule has 0 saturated carbocycles. The number of amides is 2. The predicted molar refractivity (Wildman–Crippen MR) is 110 cm³/mol. The Kier molecular flexibility index (Phi) is 6.52. The maximum Gasteiger partial charge on any atom is 0.423 e. The fourth-order valence-electron chi connectivity index (χ4n) is 3.51. The minimum Gasteiger partial charge on any atom is -0.464 e. The van der Waals surface area contributed by atoms with Crippen LogP contribution in [0, 0.1) is 11.7 Å². The molecule has 0 bridgehead atoms. The van der Waals surface area contributed by atoms with Crippen LogP contribution in [0.1, 0.15) is 24.2 Å². The zero-order chi connectivity index (χ0) is 24.4. The Bertz CT molecular complexity index is 1090. The number of hydrogen-bond acceptors (Lipinski definition) is 5. The molecule has 0 radical (unpaired) electrons. The van der Waals surface area contributed by atoms with Crippen molar-refractivity contribution in [3.8, 4) is 0 Å². The van der Waals surface area contributed by atoms with Crippen molar-refractivity contribution in [1.82, 2.24) is 5.32 Å². The second kappa shape index (κ2) is 9.00. The monoisotopic (exact) mass is 465 g/mol. The number of carbonyl (C=O) groups is 3. The smallest absolute Gasteiger partial charge is 0.423 e. The number of benzene rings is 2. The van der Waals surface area contributed by atoms with Crippen LogP contribution in [0.25, 0.3) is 0 Å². The van der Waals surface area contributed by atoms with Gasteiger partial charge in [0.2, 0.25) is 0 Å². The maximum atomic E-state index is 14.6. The first-order valence-electron chi connectivity index (χ1n) is 9.79. The summed E-state index contributed by atoms with van der Waals surface area (Å²) >= 11 is 0. The van der Waals surface area contributed by atoms with Gasteiger partial charge in [-0.3, -0.25) is 9.59 Å². The summed E-state index contributed by atoms with van der Waals surface area (Å²) in [7, 11) is 0. The van der Waals surface area contributed by atoms with Crippen LogP contribution in [0.3, 0.4) is 0 Å². The van der Waals surface area contributed by atoms with Crippen molar-refractivity contribution in [1.29, 1.82) is 0 Å². The Labute approximate surface area is 186 Å². The minimum atomic E-state index is -5.46. The average Bonchev–Trinajstić information content (AvgIpc) is 3.06. The van der Waals surface area contributed by atoms with Gasteiger partial charge in [-0.15, -0.1) is 0 Å². The van der Waals surface area contributed by atoms with Crippen LogP contribution in [-0.2, 0) is 14.3 Å². The number of alkyl halides is 3. The lowest BCUT2D eigenvalue weighted by Crippen LogP contribution is -2.71. The van der Waals surface area contributed by atoms with Crippen LogP contribution in [0.4, 0.5) is 23.2 Å². The molecule has 0 aliphatic carbocycles. The van der Waals surface area contributed by atoms with Crippen LogP contribution < -0.4 is 10.3 Å². The first kappa shape index (κ1) is 23.9. The zero-order valence-corrected chi connectivity index (χ0v) is 17.5. The van der Waals surface area contributed by atoms with Crippen molar-refractivity contribution < 1.29 is 36.7 Å². The SMILES string of the molecule is CCOC(=O)[C@](NC(=O)c1ccc(F)cc1)([C@H]1C(=O)N(c2ccccc2)N=C1C)C(F)(F)F. The van der Waals surface area contributed by atoms with Gasteiger partial charge < -0.3 is 10.1 Å². The van der Waals surface area contributed by atoms with Crippen molar-refractivity contribution in [2.24, 2.45) is 11.0 Å². The van der Waals surface area contributed by atoms with E-state index >= 15 is 0 Å². The summed E-state index contributed by atoms with van der Waals surface area (Å²) in [6.07, 6.45) is -5.46. The summed E-state index contributed by atoms with van der Waals surface area (Å²) in [5.74, 6) is -7.34. The number of carbonyl (C=O) groups excluding carboxylic acids is 3. The molecule has 1 heterocycles. The van der Waals surface area contributed by atoms with Crippen molar-refractivity contribution in [3.05, 3.63) is 66.0 Å². The van der Waals surface area contributed by atoms with E-state index in [9.17, 15) is 31.9 Å². The lowest BCUT2D eigenvalue weighted by molar-refractivity contribution is -0.217. The molecule has 2 aromatic carbocycles. The number of anilines is 1. The highest BCUT2D eigenvalue weighted by Crippen LogP contribution is 2.42. The molecule has 2 aromatic rings. The lowest BCUT2D eigenvalue weighted by Gasteiger charge is -2.37. The van der Waals surface area contributed by atoms with Crippen LogP contribution in [-0.4, -0.2) is 41.8 Å². The zero-order valence-electron chi connectivity index (χ0n) is 17.5. The summed E-state index contributed by atoms with van der Waals surface area (Å²) in [5, 5.41) is 6.34. The Hall–Kier alpha value is -3.76. The number of rotatable bonds is 6. The van der Waals surface area contributed by atoms with Crippen LogP contribution in [0.15, 0.2) is 59.7 Å². The number of para-hydroxylation sites is 1. The fraction of sp³-hybridized carbons (Fsp3) is 0.273. The van der Waals surface area contributed by atoms with Gasteiger partial charge in [0, 0.05) is 5.56 Å². The van der Waals surface area contributed by atoms with Crippen molar-refractivity contribution in [3.63, 3.8) is 0 Å². The van der Waals surface area contributed by atoms with Gasteiger partial charge in [-0.25, -0.2) is 14.2 Å². The molecule has 174 valence electrons. The van der Waals surface area contributed by atoms with Gasteiger partial charge in [-0.05, 0) is 50.2 Å². The topological polar surface area (TPSA) is 88.1 Å². The molecule has 0 unspecified atom stereocenters. The summed E-state index contributed by atoms with van der Waals surface area (Å²) in [5.41, 5.74) is -4.31. The Morgan fingerprint density at radius 3 is 2.24 bits per heavy atom. The van der Waals surface area contributed by atoms with E-state index in [1.54, 1.807) is 23.5 Å². The largest absolute Gasteiger partial charge is 0.464 e. The quantitative estimate of drug-likeness (QED) is 0.523. The van der Waals surface area contributed by atoms with Crippen molar-refractivity contribution in [2.75, 3.05) is 11.6 Å². The number of hydrogen-bond donors (Lipinski definition) is 1. The Morgan fingerprint density at radius 2 is 1.70 bits per heavy atom. The number of nitrogens with zero attached hydrogens (tertiary/aromatic N) is 2. The molecule has 1 N–H and O–H groups in total. The van der Waals surface area contributed by atoms with Gasteiger partial charge in [-0.2, -0.15) is 18.3 Å². The number of halogens is 4. The third-order valence-corrected chi connectivity index (χ3v) is 5.03. The standard InChI is InChI=1S/C22H19F4N3O4/c1-3-33-20(32)21(22(24,25)26,27-18(30)14-9-11-15(23)12-10-14)17-13(2)28-29(19(17)31)16-7-5-4-6-8-16/h4-12,17H,3H2,1-2H3,(H,27,30)/t17-,21-/m1/s1. The lowest BCUT2D eigenvalue weighted by atomic mass is 9.79. The minimum absolute atomic E-state index is 0.175. The first-order chi connectivity index (χ1) is 15.5. The molecule has 2 amide bonds. The molecule has 33 heavy (non-hydrogen) atoms. The van der Waals surface area contributed by atoms with E-state index in [2.05, 4.69) is 9.84 Å². The van der Waals surface area contributed by atoms with Crippen molar-refractivity contribution in [2.45, 2.75) is 25.6 Å². The van der Waals surface area contributed by atoms with E-state index < -0.39 is 47.8 Å². The number of hydrazone groups is 1. The van der Waals surface area contributed by atoms with Gasteiger partial charge >= 0.3 is 12.1 Å². The van der Waals surface area contributed by atoms with Crippen molar-refractivity contribution >= 4 is 29.2 Å². The Morgan fingerprint density at radius 1 is 1.09 bits per heavy atom. The van der Waals surface area contributed by atoms with Gasteiger partial charge in [0.1, 0.15) is 11.7 Å². The number of ether oxygens (including phenoxy) is 1. The van der Waals surface area contributed by atoms with Gasteiger partial charge in [0.25, 0.3) is 17.4 Å². The van der Waals surface area contributed by atoms with Gasteiger partial charge in [0.05, 0.1) is 18.0 Å². The third-order valence-electron chi connectivity index (χ3n) is 5.03. The maximum absolute atomic E-state index is 14.6. The molecule has 2 atom stereocenters. The highest BCUT2D eigenvalue weighted by molar-refractivity contribution is 6.19. The summed E-state index contributed by atoms with van der Waals surface area (Å²) < 4.78 is 61.7. The molecule has 0 spiro atoms. The van der Waals surface area contributed by atoms with E-state index in [1.807, 2.05) is 0 Å². The van der Waals surface area contributed by atoms with E-state index in [-0.39, 0.29) is 17.0 Å². The molecule has 11 heteroatoms. The first-order valence-corrected chi connectivity index (χ1v) is 9.79. The highest BCUT2D eigenvalue weighted by Gasteiger charge is 2.71. The highest BCUT2D eigenvalue weighted by atomic mass is 19.4. The third kappa shape index (κ3) is 4.30. The van der Waals surface area contributed by atoms with E-state index in [1.165, 1.54) is 19.1 Å². The molecule has 1 aliphatic rings. The van der Waals surface area contributed by atoms with Crippen LogP contribution in [0.2, 0.25) is 0 Å². The molecule has 1 aliphatic heterocycles. The molecule has 7 nitrogen and oxygen atoms in total. The number of nitrogens with one attached hydrogen (secondary N) is 1. The summed E-state index contributed by atoms with van der Waals surface area (Å²) in [6.45, 7) is 1.99. The molecule has 0 aromatic heterocycles. The summed E-state index contributed by atoms with van der Waals surface area (Å²) in [4.78, 5) is 38.7. The predicted octanol–water partition coefficient (Wildman–Crippen LogP) is 3.46. The average molecular weight is 465 g/mol. The van der Waals surface area contributed by atoms with E-state index in [0.29, 0.717) is 0 Å². The Balaban J connectivity index is 2.13. The molecular weight excluding hydrogens is 446 g/mol. The molecule has 0 saturated heterocycles. The number of esters is 1.